The van der Waals surface area contributed by atoms with Crippen molar-refractivity contribution in [2.24, 2.45) is 7.05 Å². The Kier molecular flexibility index (Phi) is 3.40. The van der Waals surface area contributed by atoms with Crippen LogP contribution < -0.4 is 4.72 Å². The highest BCUT2D eigenvalue weighted by atomic mass is 32.2. The lowest BCUT2D eigenvalue weighted by atomic mass is 10.3. The lowest BCUT2D eigenvalue weighted by molar-refractivity contribution is 0.599. The zero-order chi connectivity index (χ0) is 15.0. The zero-order valence-corrected chi connectivity index (χ0v) is 12.8. The second-order valence-corrected chi connectivity index (χ2v) is 6.79. The van der Waals surface area contributed by atoms with Gasteiger partial charge in [0.2, 0.25) is 0 Å². The van der Waals surface area contributed by atoms with Crippen molar-refractivity contribution in [1.82, 2.24) is 19.7 Å². The Balaban J connectivity index is 1.96. The highest BCUT2D eigenvalue weighted by Gasteiger charge is 2.30. The molecule has 0 saturated heterocycles. The number of rotatable bonds is 5. The van der Waals surface area contributed by atoms with Crippen LogP contribution in [0.5, 0.6) is 0 Å². The molecule has 0 unspecified atom stereocenters. The maximum absolute atomic E-state index is 12.6. The van der Waals surface area contributed by atoms with Crippen molar-refractivity contribution < 1.29 is 8.42 Å². The van der Waals surface area contributed by atoms with E-state index < -0.39 is 10.0 Å². The van der Waals surface area contributed by atoms with Crippen LogP contribution in [-0.2, 0) is 23.5 Å². The molecular formula is C13H17N5O2S. The van der Waals surface area contributed by atoms with Crippen molar-refractivity contribution in [3.63, 3.8) is 0 Å². The first kappa shape index (κ1) is 14.0. The van der Waals surface area contributed by atoms with Crippen molar-refractivity contribution in [2.45, 2.75) is 37.0 Å². The Morgan fingerprint density at radius 1 is 1.33 bits per heavy atom. The predicted molar refractivity (Wildman–Crippen MR) is 77.4 cm³/mol. The van der Waals surface area contributed by atoms with Crippen LogP contribution in [0.4, 0.5) is 5.82 Å². The number of sulfonamides is 1. The van der Waals surface area contributed by atoms with Crippen molar-refractivity contribution in [1.29, 1.82) is 0 Å². The first-order valence-corrected chi connectivity index (χ1v) is 8.36. The summed E-state index contributed by atoms with van der Waals surface area (Å²) >= 11 is 0. The Hall–Kier alpha value is -1.96. The molecule has 1 aliphatic carbocycles. The topological polar surface area (TPSA) is 89.8 Å². The van der Waals surface area contributed by atoms with Gasteiger partial charge in [-0.3, -0.25) is 14.4 Å². The van der Waals surface area contributed by atoms with Crippen molar-refractivity contribution in [3.05, 3.63) is 30.0 Å². The maximum Gasteiger partial charge on any atom is 0.266 e. The Labute approximate surface area is 123 Å². The van der Waals surface area contributed by atoms with E-state index in [4.69, 9.17) is 0 Å². The minimum absolute atomic E-state index is 0.194. The molecular weight excluding hydrogens is 290 g/mol. The number of aryl methyl sites for hydroxylation is 2. The normalized spacial score (nSPS) is 15.1. The standard InChI is InChI=1S/C13H17N5O2S/c1-3-10-11(8-18(2)16-10)21(19,20)17-13-12(9-4-5-9)14-6-7-15-13/h6-9H,3-5H2,1-2H3,(H,15,17). The van der Waals surface area contributed by atoms with Crippen LogP contribution in [-0.4, -0.2) is 28.2 Å². The van der Waals surface area contributed by atoms with Gasteiger partial charge in [-0.1, -0.05) is 6.92 Å². The molecule has 8 heteroatoms. The monoisotopic (exact) mass is 307 g/mol. The van der Waals surface area contributed by atoms with E-state index in [1.54, 1.807) is 13.2 Å². The molecule has 112 valence electrons. The van der Waals surface area contributed by atoms with Gasteiger partial charge >= 0.3 is 0 Å². The Morgan fingerprint density at radius 2 is 2.05 bits per heavy atom. The number of nitrogens with zero attached hydrogens (tertiary/aromatic N) is 4. The van der Waals surface area contributed by atoms with Crippen LogP contribution in [0.25, 0.3) is 0 Å². The first-order valence-electron chi connectivity index (χ1n) is 6.87. The largest absolute Gasteiger partial charge is 0.274 e. The maximum atomic E-state index is 12.6. The van der Waals surface area contributed by atoms with Gasteiger partial charge in [0.1, 0.15) is 4.90 Å². The molecule has 1 fully saturated rings. The van der Waals surface area contributed by atoms with Gasteiger partial charge < -0.3 is 0 Å². The lowest BCUT2D eigenvalue weighted by Crippen LogP contribution is -2.16. The SMILES string of the molecule is CCc1nn(C)cc1S(=O)(=O)Nc1nccnc1C1CC1. The number of anilines is 1. The van der Waals surface area contributed by atoms with Crippen LogP contribution in [0.2, 0.25) is 0 Å². The predicted octanol–water partition coefficient (Wildman–Crippen LogP) is 1.45. The summed E-state index contributed by atoms with van der Waals surface area (Å²) in [6.07, 6.45) is 7.20. The van der Waals surface area contributed by atoms with E-state index in [2.05, 4.69) is 19.8 Å². The second-order valence-electron chi connectivity index (χ2n) is 5.14. The molecule has 0 aliphatic heterocycles. The molecule has 0 bridgehead atoms. The van der Waals surface area contributed by atoms with E-state index >= 15 is 0 Å². The quantitative estimate of drug-likeness (QED) is 0.903. The van der Waals surface area contributed by atoms with Gasteiger partial charge in [0.15, 0.2) is 5.82 Å². The Bertz CT molecular complexity index is 765. The fourth-order valence-electron chi connectivity index (χ4n) is 2.25. The minimum atomic E-state index is -3.70. The van der Waals surface area contributed by atoms with E-state index in [9.17, 15) is 8.42 Å². The molecule has 2 aromatic rings. The molecule has 1 aliphatic rings. The van der Waals surface area contributed by atoms with Gasteiger partial charge in [0, 0.05) is 31.6 Å². The highest BCUT2D eigenvalue weighted by molar-refractivity contribution is 7.92. The van der Waals surface area contributed by atoms with Crippen molar-refractivity contribution in [2.75, 3.05) is 4.72 Å². The molecule has 21 heavy (non-hydrogen) atoms. The third-order valence-electron chi connectivity index (χ3n) is 3.41. The van der Waals surface area contributed by atoms with Gasteiger partial charge in [-0.05, 0) is 19.3 Å². The smallest absolute Gasteiger partial charge is 0.266 e. The lowest BCUT2D eigenvalue weighted by Gasteiger charge is -2.09. The molecule has 0 amide bonds. The minimum Gasteiger partial charge on any atom is -0.274 e. The summed E-state index contributed by atoms with van der Waals surface area (Å²) in [6.45, 7) is 1.87. The van der Waals surface area contributed by atoms with Crippen LogP contribution in [0.1, 0.15) is 37.1 Å². The van der Waals surface area contributed by atoms with E-state index in [1.165, 1.54) is 17.1 Å². The first-order chi connectivity index (χ1) is 10.0. The number of aromatic nitrogens is 4. The summed E-state index contributed by atoms with van der Waals surface area (Å²) in [5.41, 5.74) is 1.27. The van der Waals surface area contributed by atoms with Gasteiger partial charge in [-0.25, -0.2) is 13.4 Å². The van der Waals surface area contributed by atoms with E-state index in [0.717, 1.165) is 18.5 Å². The zero-order valence-electron chi connectivity index (χ0n) is 11.9. The van der Waals surface area contributed by atoms with E-state index in [-0.39, 0.29) is 4.90 Å². The summed E-state index contributed by atoms with van der Waals surface area (Å²) in [5.74, 6) is 0.641. The van der Waals surface area contributed by atoms with Crippen LogP contribution in [0.3, 0.4) is 0 Å². The molecule has 0 atom stereocenters. The molecule has 7 nitrogen and oxygen atoms in total. The highest BCUT2D eigenvalue weighted by Crippen LogP contribution is 2.41. The molecule has 1 N–H and O–H groups in total. The summed E-state index contributed by atoms with van der Waals surface area (Å²) in [7, 11) is -1.99. The molecule has 0 aromatic carbocycles. The molecule has 2 heterocycles. The summed E-state index contributed by atoms with van der Waals surface area (Å²) in [5, 5.41) is 4.17. The fourth-order valence-corrected chi connectivity index (χ4v) is 3.56. The second kappa shape index (κ2) is 5.10. The summed E-state index contributed by atoms with van der Waals surface area (Å²) in [4.78, 5) is 8.58. The van der Waals surface area contributed by atoms with Crippen LogP contribution in [0.15, 0.2) is 23.5 Å². The molecule has 1 saturated carbocycles. The average Bonchev–Trinajstić information content (AvgIpc) is 3.21. The number of hydrogen-bond donors (Lipinski definition) is 1. The van der Waals surface area contributed by atoms with Crippen LogP contribution >= 0.6 is 0 Å². The van der Waals surface area contributed by atoms with Gasteiger partial charge in [-0.2, -0.15) is 5.10 Å². The fraction of sp³-hybridized carbons (Fsp3) is 0.462. The summed E-state index contributed by atoms with van der Waals surface area (Å²) < 4.78 is 29.2. The molecule has 0 radical (unpaired) electrons. The third-order valence-corrected chi connectivity index (χ3v) is 4.80. The van der Waals surface area contributed by atoms with Crippen molar-refractivity contribution in [3.8, 4) is 0 Å². The van der Waals surface area contributed by atoms with E-state index in [1.807, 2.05) is 6.92 Å². The third kappa shape index (κ3) is 2.76. The van der Waals surface area contributed by atoms with Gasteiger partial charge in [-0.15, -0.1) is 0 Å². The van der Waals surface area contributed by atoms with Crippen LogP contribution in [0, 0.1) is 0 Å². The molecule has 3 rings (SSSR count). The number of hydrogen-bond acceptors (Lipinski definition) is 5. The van der Waals surface area contributed by atoms with Gasteiger partial charge in [0.05, 0.1) is 11.4 Å². The average molecular weight is 307 g/mol. The van der Waals surface area contributed by atoms with Gasteiger partial charge in [0.25, 0.3) is 10.0 Å². The molecule has 2 aromatic heterocycles. The molecule has 0 spiro atoms. The summed E-state index contributed by atoms with van der Waals surface area (Å²) in [6, 6.07) is 0. The van der Waals surface area contributed by atoms with E-state index in [0.29, 0.717) is 23.9 Å². The Morgan fingerprint density at radius 3 is 2.71 bits per heavy atom. The van der Waals surface area contributed by atoms with Crippen molar-refractivity contribution >= 4 is 15.8 Å². The number of nitrogens with one attached hydrogen (secondary N) is 1.